The van der Waals surface area contributed by atoms with Crippen molar-refractivity contribution in [3.63, 3.8) is 0 Å². The van der Waals surface area contributed by atoms with Gasteiger partial charge in [-0.2, -0.15) is 0 Å². The van der Waals surface area contributed by atoms with Crippen LogP contribution in [0.5, 0.6) is 5.75 Å². The van der Waals surface area contributed by atoms with Gasteiger partial charge in [-0.15, -0.1) is 0 Å². The molecule has 0 atom stereocenters. The van der Waals surface area contributed by atoms with E-state index in [0.717, 1.165) is 25.7 Å². The largest absolute Gasteiger partial charge is 1.00 e. The molecule has 384 valence electrons. The topological polar surface area (TPSA) is 238 Å². The number of fused-ring (bicyclic) bond motifs is 8. The summed E-state index contributed by atoms with van der Waals surface area (Å²) in [4.78, 5) is 16.0. The summed E-state index contributed by atoms with van der Waals surface area (Å²) < 4.78 is 115. The smallest absolute Gasteiger partial charge is 0.744 e. The monoisotopic (exact) mass is 1110 g/mol. The van der Waals surface area contributed by atoms with E-state index < -0.39 is 45.0 Å². The van der Waals surface area contributed by atoms with Crippen LogP contribution in [0.25, 0.3) is 79.8 Å². The standard InChI is InChI=1S/C56H62N4O10S3.3Na/c1-2-3-4-5-6-7-8-9-10-11-12-13-14-15-16-17-38-70-56-51-36-34-49(59-51)54(40-20-26-43(27-21-40)72(64,65)66)47-32-30-45(57-47)53(39-18-24-42(25-19-39)71(61,62)63)46-31-33-48(58-46)55(50-35-37-52(56)60-50)41-22-28-44(29-23-41)73(67,68)69;;;/h18-37,57,60H,2-17,38H2,1H3,(H,61,62,63)(H,64,65,66)(H,67,68,69);;;/q;3*+1/p-3. The zero-order valence-electron chi connectivity index (χ0n) is 43.8. The van der Waals surface area contributed by atoms with Gasteiger partial charge >= 0.3 is 88.7 Å². The summed E-state index contributed by atoms with van der Waals surface area (Å²) in [7, 11) is -14.3. The van der Waals surface area contributed by atoms with Gasteiger partial charge in [0.25, 0.3) is 0 Å². The van der Waals surface area contributed by atoms with Crippen LogP contribution >= 0.6 is 0 Å². The average Bonchev–Trinajstić information content (AvgIpc) is 4.22. The number of aromatic nitrogens is 4. The third-order valence-electron chi connectivity index (χ3n) is 13.2. The number of H-pyrrole nitrogens is 2. The first-order chi connectivity index (χ1) is 35.1. The summed E-state index contributed by atoms with van der Waals surface area (Å²) in [6, 6.07) is 23.9. The number of ether oxygens (including phenoxy) is 1. The first kappa shape index (κ1) is 63.6. The Morgan fingerprint density at radius 3 is 0.987 bits per heavy atom. The maximum Gasteiger partial charge on any atom is 1.00 e. The number of nitrogens with one attached hydrogen (secondary N) is 2. The molecule has 0 radical (unpaired) electrons. The number of hydrogen-bond donors (Lipinski definition) is 2. The zero-order valence-corrected chi connectivity index (χ0v) is 52.2. The Morgan fingerprint density at radius 1 is 0.382 bits per heavy atom. The van der Waals surface area contributed by atoms with Crippen LogP contribution in [0, 0.1) is 0 Å². The van der Waals surface area contributed by atoms with Crippen LogP contribution < -0.4 is 93.4 Å². The van der Waals surface area contributed by atoms with Crippen molar-refractivity contribution >= 4 is 76.7 Å². The molecule has 0 fully saturated rings. The Labute approximate surface area is 513 Å². The van der Waals surface area contributed by atoms with Gasteiger partial charge in [-0.1, -0.05) is 140 Å². The first-order valence-electron chi connectivity index (χ1n) is 25.1. The van der Waals surface area contributed by atoms with Crippen LogP contribution in [0.3, 0.4) is 0 Å². The number of unbranched alkanes of at least 4 members (excludes halogenated alkanes) is 15. The van der Waals surface area contributed by atoms with Gasteiger partial charge in [0.1, 0.15) is 36.0 Å². The normalized spacial score (nSPS) is 12.2. The number of rotatable bonds is 24. The summed E-state index contributed by atoms with van der Waals surface area (Å²) in [6.07, 6.45) is 27.1. The van der Waals surface area contributed by atoms with Crippen molar-refractivity contribution in [2.45, 2.75) is 124 Å². The number of hydrogen-bond acceptors (Lipinski definition) is 12. The first-order valence-corrected chi connectivity index (χ1v) is 29.3. The van der Waals surface area contributed by atoms with E-state index in [1.807, 2.05) is 30.4 Å². The molecule has 0 aliphatic carbocycles. The second-order valence-electron chi connectivity index (χ2n) is 18.5. The van der Waals surface area contributed by atoms with Crippen molar-refractivity contribution in [2.75, 3.05) is 6.61 Å². The maximum atomic E-state index is 12.0. The van der Waals surface area contributed by atoms with Gasteiger partial charge in [-0.05, 0) is 108 Å². The molecule has 3 aromatic carbocycles. The number of aromatic amines is 2. The Balaban J connectivity index is 0.00000356. The van der Waals surface area contributed by atoms with E-state index in [1.54, 1.807) is 18.2 Å². The molecule has 0 saturated heterocycles. The van der Waals surface area contributed by atoms with E-state index in [9.17, 15) is 38.9 Å². The molecule has 76 heavy (non-hydrogen) atoms. The third-order valence-corrected chi connectivity index (χ3v) is 15.8. The van der Waals surface area contributed by atoms with Crippen LogP contribution in [0.1, 0.15) is 132 Å². The third kappa shape index (κ3) is 16.7. The molecule has 0 unspecified atom stereocenters. The fourth-order valence-electron chi connectivity index (χ4n) is 9.43. The molecular weight excluding hydrogens is 1050 g/mol. The van der Waals surface area contributed by atoms with Crippen molar-refractivity contribution in [1.82, 2.24) is 19.9 Å². The Morgan fingerprint density at radius 2 is 0.658 bits per heavy atom. The van der Waals surface area contributed by atoms with E-state index in [-0.39, 0.29) is 88.7 Å². The second-order valence-corrected chi connectivity index (χ2v) is 22.7. The molecule has 0 amide bonds. The van der Waals surface area contributed by atoms with Gasteiger partial charge in [0, 0.05) is 33.2 Å². The molecule has 0 spiro atoms. The quantitative estimate of drug-likeness (QED) is 0.0496. The zero-order chi connectivity index (χ0) is 51.6. The average molecular weight is 1110 g/mol. The SMILES string of the molecule is CCCCCCCCCCCCCCCCCCOc1c2nc(c(-c3ccc(S(=O)(=O)[O-])cc3)c3ccc([nH]3)c(-c3ccc(S(=O)(=O)[O-])cc3)c3nc(c(-c4ccc(S(=O)(=O)[O-])cc4)c4ccc1[nH]4)C=C3)C=C2.[Na+].[Na+].[Na+]. The van der Waals surface area contributed by atoms with E-state index in [0.29, 0.717) is 90.6 Å². The molecule has 3 aromatic heterocycles. The fraction of sp³-hybridized carbons (Fsp3) is 0.321. The van der Waals surface area contributed by atoms with E-state index in [2.05, 4.69) is 16.9 Å². The number of nitrogens with zero attached hydrogens (tertiary/aromatic N) is 2. The van der Waals surface area contributed by atoms with Gasteiger partial charge < -0.3 is 28.4 Å². The van der Waals surface area contributed by atoms with Gasteiger partial charge in [0.05, 0.1) is 43.9 Å². The molecule has 6 aromatic rings. The van der Waals surface area contributed by atoms with Gasteiger partial charge in [0.2, 0.25) is 0 Å². The van der Waals surface area contributed by atoms with E-state index in [1.165, 1.54) is 150 Å². The van der Waals surface area contributed by atoms with Crippen molar-refractivity contribution in [1.29, 1.82) is 0 Å². The van der Waals surface area contributed by atoms with Crippen molar-refractivity contribution in [3.05, 3.63) is 120 Å². The molecule has 2 aliphatic rings. The van der Waals surface area contributed by atoms with Gasteiger partial charge in [-0.25, -0.2) is 35.2 Å². The molecule has 0 saturated carbocycles. The fourth-order valence-corrected chi connectivity index (χ4v) is 10.8. The summed E-state index contributed by atoms with van der Waals surface area (Å²) in [5.74, 6) is 0.465. The Bertz CT molecular complexity index is 3440. The molecule has 2 N–H and O–H groups in total. The molecule has 20 heteroatoms. The maximum absolute atomic E-state index is 12.0. The number of benzene rings is 3. The molecular formula is C56H59N4Na3O10S3. The second kappa shape index (κ2) is 29.3. The minimum absolute atomic E-state index is 0. The van der Waals surface area contributed by atoms with Crippen LogP contribution in [-0.2, 0) is 30.4 Å². The molecule has 14 nitrogen and oxygen atoms in total. The van der Waals surface area contributed by atoms with Crippen LogP contribution in [0.15, 0.2) is 112 Å². The summed E-state index contributed by atoms with van der Waals surface area (Å²) in [6.45, 7) is 2.66. The van der Waals surface area contributed by atoms with E-state index >= 15 is 0 Å². The van der Waals surface area contributed by atoms with E-state index in [4.69, 9.17) is 14.7 Å². The van der Waals surface area contributed by atoms with Crippen molar-refractivity contribution in [2.24, 2.45) is 0 Å². The predicted molar refractivity (Wildman–Crippen MR) is 284 cm³/mol. The van der Waals surface area contributed by atoms with Crippen LogP contribution in [0.4, 0.5) is 0 Å². The molecule has 2 aliphatic heterocycles. The Kier molecular flexibility index (Phi) is 24.5. The minimum Gasteiger partial charge on any atom is -0.744 e. The summed E-state index contributed by atoms with van der Waals surface area (Å²) >= 11 is 0. The van der Waals surface area contributed by atoms with Crippen LogP contribution in [-0.4, -0.2) is 65.5 Å². The summed E-state index contributed by atoms with van der Waals surface area (Å²) in [5.41, 5.74) is 7.34. The molecule has 5 heterocycles. The Hall–Kier alpha value is -3.21. The van der Waals surface area contributed by atoms with Crippen molar-refractivity contribution in [3.8, 4) is 39.1 Å². The van der Waals surface area contributed by atoms with Crippen molar-refractivity contribution < 1.29 is 132 Å². The minimum atomic E-state index is -4.77. The summed E-state index contributed by atoms with van der Waals surface area (Å²) in [5, 5.41) is 0. The van der Waals surface area contributed by atoms with Gasteiger partial charge in [-0.3, -0.25) is 0 Å². The molecule has 8 bridgehead atoms. The van der Waals surface area contributed by atoms with Crippen LogP contribution in [0.2, 0.25) is 0 Å². The predicted octanol–water partition coefficient (Wildman–Crippen LogP) is 4.02. The van der Waals surface area contributed by atoms with Gasteiger partial charge in [0.15, 0.2) is 5.75 Å². The molecule has 8 rings (SSSR count).